The fraction of sp³-hybridized carbons (Fsp3) is 0.0833. The third-order valence-corrected chi connectivity index (χ3v) is 2.94. The normalized spacial score (nSPS) is 10.1. The van der Waals surface area contributed by atoms with Gasteiger partial charge in [0, 0.05) is 28.1 Å². The van der Waals surface area contributed by atoms with Crippen molar-refractivity contribution in [3.05, 3.63) is 57.4 Å². The van der Waals surface area contributed by atoms with Gasteiger partial charge in [-0.1, -0.05) is 0 Å². The zero-order valence-corrected chi connectivity index (χ0v) is 10.7. The maximum Gasteiger partial charge on any atom is 0.251 e. The molecule has 0 aliphatic heterocycles. The molecular weight excluding hydrogens is 315 g/mol. The summed E-state index contributed by atoms with van der Waals surface area (Å²) < 4.78 is 1.12. The highest BCUT2D eigenvalue weighted by Crippen LogP contribution is 2.07. The van der Waals surface area contributed by atoms with E-state index in [9.17, 15) is 4.79 Å². The predicted molar refractivity (Wildman–Crippen MR) is 71.1 cm³/mol. The van der Waals surface area contributed by atoms with Crippen molar-refractivity contribution in [1.29, 1.82) is 0 Å². The van der Waals surface area contributed by atoms with Crippen molar-refractivity contribution in [1.82, 2.24) is 10.3 Å². The molecule has 1 aromatic carbocycles. The van der Waals surface area contributed by atoms with Gasteiger partial charge in [-0.15, -0.1) is 0 Å². The first-order valence-electron chi connectivity index (χ1n) is 4.91. The van der Waals surface area contributed by atoms with Gasteiger partial charge in [-0.2, -0.15) is 0 Å². The summed E-state index contributed by atoms with van der Waals surface area (Å²) in [5, 5.41) is 2.86. The summed E-state index contributed by atoms with van der Waals surface area (Å²) in [7, 11) is 0. The Morgan fingerprint density at radius 1 is 1.25 bits per heavy atom. The molecule has 1 heterocycles. The van der Waals surface area contributed by atoms with E-state index in [0.717, 1.165) is 9.13 Å². The molecule has 0 radical (unpaired) electrons. The number of benzene rings is 1. The molecule has 0 aliphatic carbocycles. The summed E-state index contributed by atoms with van der Waals surface area (Å²) >= 11 is 2.21. The maximum absolute atomic E-state index is 11.7. The van der Waals surface area contributed by atoms with Crippen LogP contribution in [0.3, 0.4) is 0 Å². The molecule has 1 aromatic heterocycles. The summed E-state index contributed by atoms with van der Waals surface area (Å²) in [6.07, 6.45) is 3.71. The number of nitrogens with one attached hydrogen (secondary N) is 2. The van der Waals surface area contributed by atoms with Crippen LogP contribution in [-0.2, 0) is 6.54 Å². The molecule has 3 nitrogen and oxygen atoms in total. The Kier molecular flexibility index (Phi) is 3.61. The average molecular weight is 326 g/mol. The van der Waals surface area contributed by atoms with E-state index in [1.54, 1.807) is 0 Å². The molecule has 0 bridgehead atoms. The van der Waals surface area contributed by atoms with Gasteiger partial charge in [0.25, 0.3) is 5.91 Å². The van der Waals surface area contributed by atoms with Crippen molar-refractivity contribution in [2.45, 2.75) is 6.54 Å². The number of rotatable bonds is 3. The fourth-order valence-electron chi connectivity index (χ4n) is 1.35. The lowest BCUT2D eigenvalue weighted by atomic mass is 10.2. The zero-order chi connectivity index (χ0) is 11.4. The van der Waals surface area contributed by atoms with Crippen molar-refractivity contribution in [2.75, 3.05) is 0 Å². The van der Waals surface area contributed by atoms with Gasteiger partial charge in [0.2, 0.25) is 0 Å². The molecule has 4 heteroatoms. The van der Waals surface area contributed by atoms with Gasteiger partial charge in [-0.05, 0) is 58.5 Å². The van der Waals surface area contributed by atoms with Crippen molar-refractivity contribution >= 4 is 28.5 Å². The van der Waals surface area contributed by atoms with E-state index in [1.807, 2.05) is 42.7 Å². The highest BCUT2D eigenvalue weighted by Gasteiger charge is 2.04. The molecule has 2 rings (SSSR count). The van der Waals surface area contributed by atoms with Crippen molar-refractivity contribution in [3.63, 3.8) is 0 Å². The quantitative estimate of drug-likeness (QED) is 0.837. The van der Waals surface area contributed by atoms with E-state index in [4.69, 9.17) is 0 Å². The number of amides is 1. The lowest BCUT2D eigenvalue weighted by Gasteiger charge is -2.03. The summed E-state index contributed by atoms with van der Waals surface area (Å²) in [5.74, 6) is -0.0439. The van der Waals surface area contributed by atoms with E-state index in [-0.39, 0.29) is 5.91 Å². The first-order chi connectivity index (χ1) is 7.75. The second kappa shape index (κ2) is 5.16. The number of hydrogen-bond donors (Lipinski definition) is 2. The van der Waals surface area contributed by atoms with E-state index in [2.05, 4.69) is 32.9 Å². The van der Waals surface area contributed by atoms with Gasteiger partial charge >= 0.3 is 0 Å². The van der Waals surface area contributed by atoms with E-state index in [1.165, 1.54) is 0 Å². The topological polar surface area (TPSA) is 44.9 Å². The highest BCUT2D eigenvalue weighted by molar-refractivity contribution is 14.1. The van der Waals surface area contributed by atoms with Crippen LogP contribution in [0.25, 0.3) is 0 Å². The highest BCUT2D eigenvalue weighted by atomic mass is 127. The smallest absolute Gasteiger partial charge is 0.251 e. The van der Waals surface area contributed by atoms with Crippen LogP contribution < -0.4 is 5.32 Å². The molecule has 0 saturated heterocycles. The van der Waals surface area contributed by atoms with Crippen molar-refractivity contribution in [2.24, 2.45) is 0 Å². The minimum Gasteiger partial charge on any atom is -0.367 e. The zero-order valence-electron chi connectivity index (χ0n) is 8.53. The van der Waals surface area contributed by atoms with Crippen LogP contribution in [0, 0.1) is 3.57 Å². The molecule has 2 aromatic rings. The number of hydrogen-bond acceptors (Lipinski definition) is 1. The number of carbonyl (C=O) groups is 1. The second-order valence-corrected chi connectivity index (χ2v) is 4.65. The molecule has 0 atom stereocenters. The van der Waals surface area contributed by atoms with E-state index in [0.29, 0.717) is 12.1 Å². The Balaban J connectivity index is 1.95. The molecule has 16 heavy (non-hydrogen) atoms. The molecule has 0 aliphatic rings. The molecule has 2 N–H and O–H groups in total. The third-order valence-electron chi connectivity index (χ3n) is 2.22. The Morgan fingerprint density at radius 3 is 2.62 bits per heavy atom. The lowest BCUT2D eigenvalue weighted by molar-refractivity contribution is 0.0951. The first-order valence-corrected chi connectivity index (χ1v) is 5.99. The summed E-state index contributed by atoms with van der Waals surface area (Å²) in [6, 6.07) is 9.44. The summed E-state index contributed by atoms with van der Waals surface area (Å²) in [4.78, 5) is 14.7. The van der Waals surface area contributed by atoms with Gasteiger partial charge < -0.3 is 10.3 Å². The third kappa shape index (κ3) is 2.85. The number of H-pyrrole nitrogens is 1. The minimum absolute atomic E-state index is 0.0439. The lowest BCUT2D eigenvalue weighted by Crippen LogP contribution is -2.22. The van der Waals surface area contributed by atoms with Crippen LogP contribution in [-0.4, -0.2) is 10.9 Å². The van der Waals surface area contributed by atoms with Crippen LogP contribution in [0.4, 0.5) is 0 Å². The largest absolute Gasteiger partial charge is 0.367 e. The summed E-state index contributed by atoms with van der Waals surface area (Å²) in [6.45, 7) is 0.550. The fourth-order valence-corrected chi connectivity index (χ4v) is 1.71. The molecule has 1 amide bonds. The van der Waals surface area contributed by atoms with Gasteiger partial charge in [0.15, 0.2) is 0 Å². The van der Waals surface area contributed by atoms with Gasteiger partial charge in [0.1, 0.15) is 0 Å². The SMILES string of the molecule is O=C(NCc1cc[nH]c1)c1ccc(I)cc1. The number of aromatic nitrogens is 1. The second-order valence-electron chi connectivity index (χ2n) is 3.41. The Bertz CT molecular complexity index is 462. The van der Waals surface area contributed by atoms with Crippen LogP contribution in [0.15, 0.2) is 42.7 Å². The molecule has 82 valence electrons. The monoisotopic (exact) mass is 326 g/mol. The van der Waals surface area contributed by atoms with Crippen LogP contribution in [0.1, 0.15) is 15.9 Å². The van der Waals surface area contributed by atoms with Crippen LogP contribution >= 0.6 is 22.6 Å². The van der Waals surface area contributed by atoms with Gasteiger partial charge in [0.05, 0.1) is 0 Å². The predicted octanol–water partition coefficient (Wildman–Crippen LogP) is 2.55. The van der Waals surface area contributed by atoms with Crippen LogP contribution in [0.2, 0.25) is 0 Å². The van der Waals surface area contributed by atoms with E-state index < -0.39 is 0 Å². The Hall–Kier alpha value is -1.30. The average Bonchev–Trinajstić information content (AvgIpc) is 2.80. The molecule has 0 saturated carbocycles. The van der Waals surface area contributed by atoms with Gasteiger partial charge in [-0.3, -0.25) is 4.79 Å². The van der Waals surface area contributed by atoms with Crippen molar-refractivity contribution < 1.29 is 4.79 Å². The number of aromatic amines is 1. The number of carbonyl (C=O) groups excluding carboxylic acids is 1. The standard InChI is InChI=1S/C12H11IN2O/c13-11-3-1-10(2-4-11)12(16)15-8-9-5-6-14-7-9/h1-7,14H,8H2,(H,15,16). The number of halogens is 1. The Morgan fingerprint density at radius 2 is 2.00 bits per heavy atom. The minimum atomic E-state index is -0.0439. The van der Waals surface area contributed by atoms with Crippen molar-refractivity contribution in [3.8, 4) is 0 Å². The summed E-state index contributed by atoms with van der Waals surface area (Å²) in [5.41, 5.74) is 1.76. The molecule has 0 spiro atoms. The maximum atomic E-state index is 11.7. The van der Waals surface area contributed by atoms with Crippen LogP contribution in [0.5, 0.6) is 0 Å². The van der Waals surface area contributed by atoms with Gasteiger partial charge in [-0.25, -0.2) is 0 Å². The van der Waals surface area contributed by atoms with E-state index >= 15 is 0 Å². The molecule has 0 fully saturated rings. The molecule has 0 unspecified atom stereocenters. The first kappa shape index (κ1) is 11.2. The molecular formula is C12H11IN2O. The Labute approximate surface area is 107 Å².